The lowest BCUT2D eigenvalue weighted by atomic mass is 10.2. The quantitative estimate of drug-likeness (QED) is 0.722. The number of hydrogen-bond donors (Lipinski definition) is 3. The van der Waals surface area contributed by atoms with Gasteiger partial charge in [0.25, 0.3) is 5.91 Å². The predicted octanol–water partition coefficient (Wildman–Crippen LogP) is 0.179. The predicted molar refractivity (Wildman–Crippen MR) is 79.0 cm³/mol. The van der Waals surface area contributed by atoms with Crippen molar-refractivity contribution < 1.29 is 13.2 Å². The van der Waals surface area contributed by atoms with E-state index in [4.69, 9.17) is 10.9 Å². The van der Waals surface area contributed by atoms with Gasteiger partial charge in [-0.3, -0.25) is 4.79 Å². The molecule has 0 fully saturated rings. The van der Waals surface area contributed by atoms with E-state index in [9.17, 15) is 13.2 Å². The number of nitrogens with zero attached hydrogens (tertiary/aromatic N) is 1. The Balaban J connectivity index is 2.04. The van der Waals surface area contributed by atoms with Crippen molar-refractivity contribution in [3.05, 3.63) is 45.9 Å². The molecule has 1 aromatic carbocycles. The smallest absolute Gasteiger partial charge is 0.271 e. The summed E-state index contributed by atoms with van der Waals surface area (Å²) in [5.41, 5.74) is 6.36. The van der Waals surface area contributed by atoms with Gasteiger partial charge in [0.2, 0.25) is 10.0 Å². The number of sulfonamides is 1. The molecule has 0 bridgehead atoms. The van der Waals surface area contributed by atoms with Crippen molar-refractivity contribution >= 4 is 27.3 Å². The Morgan fingerprint density at radius 1 is 1.38 bits per heavy atom. The van der Waals surface area contributed by atoms with Crippen LogP contribution in [0.15, 0.2) is 34.5 Å². The number of thiazole rings is 1. The van der Waals surface area contributed by atoms with E-state index in [1.54, 1.807) is 17.5 Å². The molecule has 7 nitrogen and oxygen atoms in total. The van der Waals surface area contributed by atoms with Gasteiger partial charge in [0.15, 0.2) is 0 Å². The number of carbonyl (C=O) groups excluding carboxylic acids is 1. The molecule has 1 aromatic heterocycles. The molecule has 2 rings (SSSR count). The number of nitrogens with two attached hydrogens (primary N) is 2. The Labute approximate surface area is 126 Å². The highest BCUT2D eigenvalue weighted by atomic mass is 32.2. The van der Waals surface area contributed by atoms with Crippen LogP contribution in [-0.4, -0.2) is 19.3 Å². The van der Waals surface area contributed by atoms with Crippen LogP contribution in [0.1, 0.15) is 21.1 Å². The molecular formula is C12H14N4O3S2. The maximum Gasteiger partial charge on any atom is 0.271 e. The molecule has 1 amide bonds. The van der Waals surface area contributed by atoms with Gasteiger partial charge >= 0.3 is 0 Å². The van der Waals surface area contributed by atoms with E-state index in [0.717, 1.165) is 0 Å². The first-order valence-electron chi connectivity index (χ1n) is 5.94. The van der Waals surface area contributed by atoms with Gasteiger partial charge in [-0.25, -0.2) is 18.5 Å². The van der Waals surface area contributed by atoms with Crippen molar-refractivity contribution in [3.8, 4) is 0 Å². The van der Waals surface area contributed by atoms with Crippen LogP contribution in [0.4, 0.5) is 0 Å². The second-order valence-electron chi connectivity index (χ2n) is 4.21. The summed E-state index contributed by atoms with van der Waals surface area (Å²) in [5.74, 6) is -0.341. The molecule has 0 spiro atoms. The average molecular weight is 326 g/mol. The monoisotopic (exact) mass is 326 g/mol. The van der Waals surface area contributed by atoms with Gasteiger partial charge in [-0.2, -0.15) is 0 Å². The van der Waals surface area contributed by atoms with Gasteiger partial charge in [0.05, 0.1) is 4.90 Å². The number of benzene rings is 1. The maximum absolute atomic E-state index is 11.9. The Morgan fingerprint density at radius 2 is 2.14 bits per heavy atom. The third-order valence-electron chi connectivity index (χ3n) is 2.64. The second-order valence-corrected chi connectivity index (χ2v) is 6.71. The number of primary sulfonamides is 1. The molecule has 112 valence electrons. The van der Waals surface area contributed by atoms with Crippen molar-refractivity contribution in [2.75, 3.05) is 0 Å². The van der Waals surface area contributed by atoms with Crippen LogP contribution in [0.3, 0.4) is 0 Å². The van der Waals surface area contributed by atoms with Crippen molar-refractivity contribution in [3.63, 3.8) is 0 Å². The molecule has 1 heterocycles. The first-order valence-corrected chi connectivity index (χ1v) is 8.37. The zero-order chi connectivity index (χ0) is 15.5. The Kier molecular flexibility index (Phi) is 4.68. The number of carbonyl (C=O) groups is 1. The first kappa shape index (κ1) is 15.6. The number of aromatic nitrogens is 1. The van der Waals surface area contributed by atoms with Crippen LogP contribution in [0.5, 0.6) is 0 Å². The molecule has 0 aliphatic rings. The fraction of sp³-hybridized carbons (Fsp3) is 0.167. The minimum Gasteiger partial charge on any atom is -0.347 e. The summed E-state index contributed by atoms with van der Waals surface area (Å²) >= 11 is 1.31. The largest absolute Gasteiger partial charge is 0.347 e. The third-order valence-corrected chi connectivity index (χ3v) is 4.42. The summed E-state index contributed by atoms with van der Waals surface area (Å²) in [6.07, 6.45) is 0. The average Bonchev–Trinajstić information content (AvgIpc) is 2.93. The molecule has 5 N–H and O–H groups in total. The minimum atomic E-state index is -3.75. The van der Waals surface area contributed by atoms with Gasteiger partial charge in [-0.15, -0.1) is 11.3 Å². The number of rotatable bonds is 5. The second kappa shape index (κ2) is 6.31. The van der Waals surface area contributed by atoms with Crippen LogP contribution in [-0.2, 0) is 23.1 Å². The highest BCUT2D eigenvalue weighted by Gasteiger charge is 2.11. The van der Waals surface area contributed by atoms with Crippen molar-refractivity contribution in [1.82, 2.24) is 10.3 Å². The number of nitrogens with one attached hydrogen (secondary N) is 1. The minimum absolute atomic E-state index is 0.00771. The van der Waals surface area contributed by atoms with Crippen molar-refractivity contribution in [2.45, 2.75) is 18.0 Å². The molecule has 0 aliphatic heterocycles. The summed E-state index contributed by atoms with van der Waals surface area (Å²) in [7, 11) is -3.75. The lowest BCUT2D eigenvalue weighted by Crippen LogP contribution is -2.23. The zero-order valence-electron chi connectivity index (χ0n) is 10.9. The van der Waals surface area contributed by atoms with Crippen LogP contribution in [0.25, 0.3) is 0 Å². The van der Waals surface area contributed by atoms with E-state index in [2.05, 4.69) is 10.3 Å². The molecule has 0 radical (unpaired) electrons. The first-order chi connectivity index (χ1) is 9.90. The van der Waals surface area contributed by atoms with Gasteiger partial charge in [0.1, 0.15) is 10.7 Å². The number of amides is 1. The van der Waals surface area contributed by atoms with Gasteiger partial charge < -0.3 is 11.1 Å². The van der Waals surface area contributed by atoms with Gasteiger partial charge in [-0.1, -0.05) is 12.1 Å². The summed E-state index contributed by atoms with van der Waals surface area (Å²) in [4.78, 5) is 15.9. The molecule has 21 heavy (non-hydrogen) atoms. The van der Waals surface area contributed by atoms with Crippen LogP contribution in [0, 0.1) is 0 Å². The normalized spacial score (nSPS) is 11.3. The molecule has 2 aromatic rings. The molecule has 0 aliphatic carbocycles. The zero-order valence-corrected chi connectivity index (χ0v) is 12.6. The summed E-state index contributed by atoms with van der Waals surface area (Å²) in [6, 6.07) is 6.08. The van der Waals surface area contributed by atoms with Crippen LogP contribution < -0.4 is 16.2 Å². The van der Waals surface area contributed by atoms with Gasteiger partial charge in [0, 0.05) is 18.5 Å². The molecule has 0 unspecified atom stereocenters. The number of hydrogen-bond acceptors (Lipinski definition) is 6. The lowest BCUT2D eigenvalue weighted by Gasteiger charge is -2.05. The molecular weight excluding hydrogens is 312 g/mol. The molecule has 9 heteroatoms. The summed E-state index contributed by atoms with van der Waals surface area (Å²) < 4.78 is 22.5. The van der Waals surface area contributed by atoms with Crippen LogP contribution >= 0.6 is 11.3 Å². The Hall–Kier alpha value is -1.81. The van der Waals surface area contributed by atoms with E-state index in [0.29, 0.717) is 16.3 Å². The van der Waals surface area contributed by atoms with Crippen molar-refractivity contribution in [2.24, 2.45) is 10.9 Å². The van der Waals surface area contributed by atoms with Crippen molar-refractivity contribution in [1.29, 1.82) is 0 Å². The van der Waals surface area contributed by atoms with E-state index >= 15 is 0 Å². The van der Waals surface area contributed by atoms with E-state index in [1.807, 2.05) is 0 Å². The van der Waals surface area contributed by atoms with E-state index < -0.39 is 10.0 Å². The van der Waals surface area contributed by atoms with Crippen LogP contribution in [0.2, 0.25) is 0 Å². The fourth-order valence-corrected chi connectivity index (χ4v) is 2.85. The fourth-order valence-electron chi connectivity index (χ4n) is 1.61. The third kappa shape index (κ3) is 4.08. The highest BCUT2D eigenvalue weighted by Crippen LogP contribution is 2.11. The molecule has 0 atom stereocenters. The van der Waals surface area contributed by atoms with E-state index in [-0.39, 0.29) is 23.9 Å². The lowest BCUT2D eigenvalue weighted by molar-refractivity contribution is 0.0946. The van der Waals surface area contributed by atoms with Gasteiger partial charge in [-0.05, 0) is 17.7 Å². The topological polar surface area (TPSA) is 128 Å². The Morgan fingerprint density at radius 3 is 2.76 bits per heavy atom. The standard InChI is InChI=1S/C12H14N4O3S2/c13-5-11-16-10(7-20-11)12(17)15-6-8-2-1-3-9(4-8)21(14,18)19/h1-4,7H,5-6,13H2,(H,15,17)(H2,14,18,19). The SMILES string of the molecule is NCc1nc(C(=O)NCc2cccc(S(N)(=O)=O)c2)cs1. The highest BCUT2D eigenvalue weighted by molar-refractivity contribution is 7.89. The molecule has 0 saturated heterocycles. The summed E-state index contributed by atoms with van der Waals surface area (Å²) in [6.45, 7) is 0.464. The molecule has 0 saturated carbocycles. The maximum atomic E-state index is 11.9. The Bertz CT molecular complexity index is 755. The van der Waals surface area contributed by atoms with E-state index in [1.165, 1.54) is 23.5 Å². The summed E-state index contributed by atoms with van der Waals surface area (Å²) in [5, 5.41) is 10.0.